The second kappa shape index (κ2) is 7.92. The van der Waals surface area contributed by atoms with Gasteiger partial charge in [-0.3, -0.25) is 0 Å². The van der Waals surface area contributed by atoms with Crippen molar-refractivity contribution in [3.63, 3.8) is 0 Å². The van der Waals surface area contributed by atoms with E-state index in [2.05, 4.69) is 13.0 Å². The Morgan fingerprint density at radius 2 is 1.88 bits per heavy atom. The molecule has 0 amide bonds. The number of aryl methyl sites for hydroxylation is 3. The maximum absolute atomic E-state index is 14.3. The van der Waals surface area contributed by atoms with Crippen molar-refractivity contribution in [2.75, 3.05) is 0 Å². The van der Waals surface area contributed by atoms with Crippen molar-refractivity contribution in [2.45, 2.75) is 58.3 Å². The first-order valence-electron chi connectivity index (χ1n) is 9.20. The number of fused-ring (bicyclic) bond motifs is 1. The van der Waals surface area contributed by atoms with Crippen molar-refractivity contribution in [2.24, 2.45) is 5.92 Å². The van der Waals surface area contributed by atoms with E-state index in [1.54, 1.807) is 18.2 Å². The van der Waals surface area contributed by atoms with Gasteiger partial charge in [-0.05, 0) is 91.3 Å². The molecule has 1 atom stereocenters. The van der Waals surface area contributed by atoms with Crippen LogP contribution >= 0.6 is 0 Å². The van der Waals surface area contributed by atoms with E-state index in [4.69, 9.17) is 0 Å². The van der Waals surface area contributed by atoms with Crippen LogP contribution < -0.4 is 0 Å². The van der Waals surface area contributed by atoms with Gasteiger partial charge in [0.15, 0.2) is 0 Å². The van der Waals surface area contributed by atoms with E-state index >= 15 is 0 Å². The van der Waals surface area contributed by atoms with Crippen LogP contribution in [0, 0.1) is 17.6 Å². The number of halogens is 2. The average molecular weight is 328 g/mol. The highest BCUT2D eigenvalue weighted by Crippen LogP contribution is 2.29. The zero-order valence-electron chi connectivity index (χ0n) is 14.5. The Balaban J connectivity index is 1.57. The third-order valence-corrected chi connectivity index (χ3v) is 5.26. The molecule has 0 aliphatic heterocycles. The summed E-state index contributed by atoms with van der Waals surface area (Å²) in [5, 5.41) is 0. The quantitative estimate of drug-likeness (QED) is 0.606. The van der Waals surface area contributed by atoms with Gasteiger partial charge in [-0.25, -0.2) is 8.78 Å². The van der Waals surface area contributed by atoms with E-state index in [0.717, 1.165) is 68.1 Å². The van der Waals surface area contributed by atoms with Crippen LogP contribution in [0.25, 0.3) is 0 Å². The molecule has 0 saturated carbocycles. The van der Waals surface area contributed by atoms with Gasteiger partial charge in [0.25, 0.3) is 0 Å². The molecule has 128 valence electrons. The van der Waals surface area contributed by atoms with Gasteiger partial charge in [0.1, 0.15) is 11.6 Å². The van der Waals surface area contributed by atoms with Gasteiger partial charge in [0.05, 0.1) is 0 Å². The second-order valence-electron chi connectivity index (χ2n) is 7.09. The first kappa shape index (κ1) is 17.1. The fourth-order valence-corrected chi connectivity index (χ4v) is 3.74. The van der Waals surface area contributed by atoms with Crippen LogP contribution in [0.4, 0.5) is 8.78 Å². The Morgan fingerprint density at radius 3 is 2.67 bits per heavy atom. The lowest BCUT2D eigenvalue weighted by molar-refractivity contribution is 0.422. The van der Waals surface area contributed by atoms with Crippen LogP contribution in [0.15, 0.2) is 36.4 Å². The molecule has 0 radical (unpaired) electrons. The minimum atomic E-state index is -0.141. The van der Waals surface area contributed by atoms with Crippen molar-refractivity contribution in [3.05, 3.63) is 70.3 Å². The molecule has 2 aromatic rings. The van der Waals surface area contributed by atoms with Crippen molar-refractivity contribution in [1.82, 2.24) is 0 Å². The van der Waals surface area contributed by atoms with Crippen LogP contribution in [-0.4, -0.2) is 0 Å². The summed E-state index contributed by atoms with van der Waals surface area (Å²) in [7, 11) is 0. The molecule has 0 N–H and O–H groups in total. The topological polar surface area (TPSA) is 0 Å². The molecule has 1 aliphatic carbocycles. The monoisotopic (exact) mass is 328 g/mol. The number of hydrogen-bond acceptors (Lipinski definition) is 0. The molecule has 0 heterocycles. The van der Waals surface area contributed by atoms with Crippen LogP contribution in [-0.2, 0) is 25.7 Å². The first-order valence-corrected chi connectivity index (χ1v) is 9.20. The summed E-state index contributed by atoms with van der Waals surface area (Å²) in [6.07, 6.45) is 8.01. The van der Waals surface area contributed by atoms with E-state index in [1.807, 2.05) is 12.1 Å². The summed E-state index contributed by atoms with van der Waals surface area (Å²) in [6.45, 7) is 2.15. The van der Waals surface area contributed by atoms with Crippen LogP contribution in [0.2, 0.25) is 0 Å². The smallest absolute Gasteiger partial charge is 0.126 e. The van der Waals surface area contributed by atoms with E-state index < -0.39 is 0 Å². The first-order chi connectivity index (χ1) is 11.7. The summed E-state index contributed by atoms with van der Waals surface area (Å²) < 4.78 is 27.5. The van der Waals surface area contributed by atoms with Crippen molar-refractivity contribution >= 4 is 0 Å². The standard InChI is InChI=1S/C22H26F2/c1-2-3-4-16-5-8-18(22(24)14-16)9-6-17-7-10-20-15-21(23)12-11-19(20)13-17/h5,8,11-12,14-15,17H,2-4,6-7,9-10,13H2,1H3. The van der Waals surface area contributed by atoms with Gasteiger partial charge < -0.3 is 0 Å². The van der Waals surface area contributed by atoms with Crippen molar-refractivity contribution in [1.29, 1.82) is 0 Å². The maximum Gasteiger partial charge on any atom is 0.126 e. The highest BCUT2D eigenvalue weighted by molar-refractivity contribution is 5.31. The van der Waals surface area contributed by atoms with E-state index in [1.165, 1.54) is 5.56 Å². The van der Waals surface area contributed by atoms with Crippen LogP contribution in [0.1, 0.15) is 54.9 Å². The predicted molar refractivity (Wildman–Crippen MR) is 95.2 cm³/mol. The molecule has 3 rings (SSSR count). The third-order valence-electron chi connectivity index (χ3n) is 5.26. The maximum atomic E-state index is 14.3. The molecular weight excluding hydrogens is 302 g/mol. The van der Waals surface area contributed by atoms with E-state index in [-0.39, 0.29) is 11.6 Å². The van der Waals surface area contributed by atoms with Gasteiger partial charge >= 0.3 is 0 Å². The Bertz CT molecular complexity index is 690. The zero-order chi connectivity index (χ0) is 16.9. The van der Waals surface area contributed by atoms with Gasteiger partial charge in [-0.2, -0.15) is 0 Å². The molecule has 0 aromatic heterocycles. The van der Waals surface area contributed by atoms with E-state index in [0.29, 0.717) is 5.92 Å². The van der Waals surface area contributed by atoms with Gasteiger partial charge in [-0.1, -0.05) is 31.5 Å². The molecule has 24 heavy (non-hydrogen) atoms. The Labute approximate surface area is 143 Å². The lowest BCUT2D eigenvalue weighted by Crippen LogP contribution is -2.15. The second-order valence-corrected chi connectivity index (χ2v) is 7.09. The van der Waals surface area contributed by atoms with Gasteiger partial charge in [-0.15, -0.1) is 0 Å². The molecule has 0 saturated heterocycles. The highest BCUT2D eigenvalue weighted by atomic mass is 19.1. The largest absolute Gasteiger partial charge is 0.207 e. The minimum Gasteiger partial charge on any atom is -0.207 e. The summed E-state index contributed by atoms with van der Waals surface area (Å²) in [5.74, 6) is 0.376. The molecule has 2 aromatic carbocycles. The molecule has 1 aliphatic rings. The zero-order valence-corrected chi connectivity index (χ0v) is 14.5. The van der Waals surface area contributed by atoms with Crippen molar-refractivity contribution < 1.29 is 8.78 Å². The van der Waals surface area contributed by atoms with Crippen LogP contribution in [0.5, 0.6) is 0 Å². The minimum absolute atomic E-state index is 0.0538. The highest BCUT2D eigenvalue weighted by Gasteiger charge is 2.19. The number of benzene rings is 2. The Kier molecular flexibility index (Phi) is 5.65. The summed E-state index contributed by atoms with van der Waals surface area (Å²) in [6, 6.07) is 10.9. The van der Waals surface area contributed by atoms with Crippen molar-refractivity contribution in [3.8, 4) is 0 Å². The Morgan fingerprint density at radius 1 is 1.00 bits per heavy atom. The molecule has 1 unspecified atom stereocenters. The lowest BCUT2D eigenvalue weighted by Gasteiger charge is -2.24. The lowest BCUT2D eigenvalue weighted by atomic mass is 9.81. The predicted octanol–water partition coefficient (Wildman–Crippen LogP) is 6.05. The molecule has 0 spiro atoms. The summed E-state index contributed by atoms with van der Waals surface area (Å²) in [4.78, 5) is 0. The van der Waals surface area contributed by atoms with Crippen LogP contribution in [0.3, 0.4) is 0 Å². The normalized spacial score (nSPS) is 16.9. The average Bonchev–Trinajstić information content (AvgIpc) is 2.59. The van der Waals surface area contributed by atoms with Gasteiger partial charge in [0.2, 0.25) is 0 Å². The summed E-state index contributed by atoms with van der Waals surface area (Å²) in [5.41, 5.74) is 4.35. The third kappa shape index (κ3) is 4.23. The number of unbranched alkanes of at least 4 members (excludes halogenated alkanes) is 1. The Hall–Kier alpha value is -1.70. The molecule has 0 bridgehead atoms. The fraction of sp³-hybridized carbons (Fsp3) is 0.455. The SMILES string of the molecule is CCCCc1ccc(CCC2CCc3cc(F)ccc3C2)c(F)c1. The van der Waals surface area contributed by atoms with E-state index in [9.17, 15) is 8.78 Å². The number of hydrogen-bond donors (Lipinski definition) is 0. The summed E-state index contributed by atoms with van der Waals surface area (Å²) >= 11 is 0. The molecule has 0 fully saturated rings. The molecule has 2 heteroatoms. The molecular formula is C22H26F2. The fourth-order valence-electron chi connectivity index (χ4n) is 3.74. The van der Waals surface area contributed by atoms with Gasteiger partial charge in [0, 0.05) is 0 Å². The number of rotatable bonds is 6. The molecule has 0 nitrogen and oxygen atoms in total.